The fourth-order valence-electron chi connectivity index (χ4n) is 3.09. The summed E-state index contributed by atoms with van der Waals surface area (Å²) in [6.07, 6.45) is 0.110. The van der Waals surface area contributed by atoms with Crippen molar-refractivity contribution in [2.75, 3.05) is 28.4 Å². The molecule has 0 spiro atoms. The number of amides is 2. The first-order valence-electron chi connectivity index (χ1n) is 9.12. The minimum Gasteiger partial charge on any atom is -0.497 e. The first-order chi connectivity index (χ1) is 14.5. The van der Waals surface area contributed by atoms with E-state index in [1.807, 2.05) is 0 Å². The van der Waals surface area contributed by atoms with Gasteiger partial charge in [0.05, 0.1) is 40.9 Å². The number of guanidine groups is 1. The van der Waals surface area contributed by atoms with Gasteiger partial charge in [0.2, 0.25) is 11.9 Å². The van der Waals surface area contributed by atoms with Crippen molar-refractivity contribution >= 4 is 17.8 Å². The summed E-state index contributed by atoms with van der Waals surface area (Å²) in [5.74, 6) is 1.44. The molecule has 2 aromatic rings. The summed E-state index contributed by atoms with van der Waals surface area (Å²) in [7, 11) is 6.09. The SMILES string of the molecule is COc1ccc(OC)c([C@H]2CC(=O)NC(NC(=O)c3ccc(OC)c(OC)c3)=N2)c1. The fraction of sp³-hybridized carbons (Fsp3) is 0.286. The lowest BCUT2D eigenvalue weighted by Gasteiger charge is -2.23. The van der Waals surface area contributed by atoms with Crippen molar-refractivity contribution in [3.05, 3.63) is 47.5 Å². The molecule has 2 N–H and O–H groups in total. The van der Waals surface area contributed by atoms with E-state index in [2.05, 4.69) is 15.6 Å². The van der Waals surface area contributed by atoms with Crippen molar-refractivity contribution in [1.82, 2.24) is 10.6 Å². The highest BCUT2D eigenvalue weighted by atomic mass is 16.5. The number of rotatable bonds is 6. The number of benzene rings is 2. The second kappa shape index (κ2) is 9.17. The molecule has 3 rings (SSSR count). The average Bonchev–Trinajstić information content (AvgIpc) is 2.77. The van der Waals surface area contributed by atoms with Crippen molar-refractivity contribution in [1.29, 1.82) is 0 Å². The summed E-state index contributed by atoms with van der Waals surface area (Å²) in [4.78, 5) is 29.4. The third-order valence-corrected chi connectivity index (χ3v) is 4.60. The second-order valence-electron chi connectivity index (χ2n) is 6.38. The Balaban J connectivity index is 1.87. The maximum atomic E-state index is 12.7. The van der Waals surface area contributed by atoms with Crippen molar-refractivity contribution in [3.63, 3.8) is 0 Å². The van der Waals surface area contributed by atoms with Gasteiger partial charge in [-0.1, -0.05) is 0 Å². The number of carbonyl (C=O) groups excluding carboxylic acids is 2. The van der Waals surface area contributed by atoms with E-state index in [9.17, 15) is 9.59 Å². The third-order valence-electron chi connectivity index (χ3n) is 4.60. The van der Waals surface area contributed by atoms with Crippen LogP contribution >= 0.6 is 0 Å². The van der Waals surface area contributed by atoms with Crippen LogP contribution in [0.25, 0.3) is 0 Å². The molecule has 0 aromatic heterocycles. The number of aliphatic imine (C=N–C) groups is 1. The van der Waals surface area contributed by atoms with E-state index in [1.54, 1.807) is 43.5 Å². The van der Waals surface area contributed by atoms with E-state index in [0.717, 1.165) is 0 Å². The summed E-state index contributed by atoms with van der Waals surface area (Å²) < 4.78 is 21.1. The molecule has 0 fully saturated rings. The standard InChI is InChI=1S/C21H23N3O6/c1-27-13-6-8-16(28-2)14(10-13)15-11-19(25)23-21(22-15)24-20(26)12-5-7-17(29-3)18(9-12)30-4/h5-10,15H,11H2,1-4H3,(H2,22,23,24,25,26)/t15-/m1/s1. The largest absolute Gasteiger partial charge is 0.497 e. The van der Waals surface area contributed by atoms with Crippen molar-refractivity contribution in [2.24, 2.45) is 4.99 Å². The predicted octanol–water partition coefficient (Wildman–Crippen LogP) is 2.07. The van der Waals surface area contributed by atoms with Gasteiger partial charge < -0.3 is 18.9 Å². The molecule has 9 heteroatoms. The van der Waals surface area contributed by atoms with Gasteiger partial charge in [-0.25, -0.2) is 4.99 Å². The van der Waals surface area contributed by atoms with Crippen LogP contribution in [0.3, 0.4) is 0 Å². The van der Waals surface area contributed by atoms with Crippen LogP contribution in [0.5, 0.6) is 23.0 Å². The molecule has 0 unspecified atom stereocenters. The van der Waals surface area contributed by atoms with Gasteiger partial charge in [-0.15, -0.1) is 0 Å². The third kappa shape index (κ3) is 4.45. The lowest BCUT2D eigenvalue weighted by atomic mass is 10.0. The minimum atomic E-state index is -0.537. The number of ether oxygens (including phenoxy) is 4. The van der Waals surface area contributed by atoms with Crippen LogP contribution in [0.1, 0.15) is 28.4 Å². The monoisotopic (exact) mass is 413 g/mol. The maximum Gasteiger partial charge on any atom is 0.258 e. The molecule has 2 amide bonds. The number of hydrogen-bond acceptors (Lipinski definition) is 7. The molecule has 1 aliphatic heterocycles. The predicted molar refractivity (Wildman–Crippen MR) is 109 cm³/mol. The van der Waals surface area contributed by atoms with Gasteiger partial charge in [0, 0.05) is 11.1 Å². The first-order valence-corrected chi connectivity index (χ1v) is 9.12. The molecule has 158 valence electrons. The Morgan fingerprint density at radius 2 is 1.67 bits per heavy atom. The summed E-state index contributed by atoms with van der Waals surface area (Å²) in [6.45, 7) is 0. The van der Waals surface area contributed by atoms with Crippen molar-refractivity contribution < 1.29 is 28.5 Å². The second-order valence-corrected chi connectivity index (χ2v) is 6.38. The Kier molecular flexibility index (Phi) is 6.41. The Hall–Kier alpha value is -3.75. The Morgan fingerprint density at radius 1 is 0.967 bits per heavy atom. The van der Waals surface area contributed by atoms with E-state index < -0.39 is 11.9 Å². The van der Waals surface area contributed by atoms with Gasteiger partial charge in [0.15, 0.2) is 11.5 Å². The topological polar surface area (TPSA) is 107 Å². The Bertz CT molecular complexity index is 989. The van der Waals surface area contributed by atoms with Crippen LogP contribution in [-0.2, 0) is 4.79 Å². The molecule has 0 aliphatic carbocycles. The molecule has 1 aliphatic rings. The maximum absolute atomic E-state index is 12.7. The normalized spacial score (nSPS) is 15.5. The number of carbonyl (C=O) groups is 2. The molecule has 0 radical (unpaired) electrons. The van der Waals surface area contributed by atoms with Crippen LogP contribution in [0, 0.1) is 0 Å². The molecular formula is C21H23N3O6. The molecule has 1 atom stereocenters. The molecule has 0 bridgehead atoms. The van der Waals surface area contributed by atoms with E-state index in [0.29, 0.717) is 34.1 Å². The highest BCUT2D eigenvalue weighted by Gasteiger charge is 2.26. The van der Waals surface area contributed by atoms with Crippen LogP contribution < -0.4 is 29.6 Å². The highest BCUT2D eigenvalue weighted by molar-refractivity contribution is 6.10. The molecule has 2 aromatic carbocycles. The van der Waals surface area contributed by atoms with Crippen molar-refractivity contribution in [2.45, 2.75) is 12.5 Å². The highest BCUT2D eigenvalue weighted by Crippen LogP contribution is 2.34. The summed E-state index contributed by atoms with van der Waals surface area (Å²) in [5, 5.41) is 5.22. The first kappa shape index (κ1) is 21.0. The summed E-state index contributed by atoms with van der Waals surface area (Å²) in [6, 6.07) is 9.49. The van der Waals surface area contributed by atoms with Gasteiger partial charge in [-0.05, 0) is 36.4 Å². The number of nitrogens with zero attached hydrogens (tertiary/aromatic N) is 1. The summed E-state index contributed by atoms with van der Waals surface area (Å²) in [5.41, 5.74) is 1.01. The molecule has 9 nitrogen and oxygen atoms in total. The minimum absolute atomic E-state index is 0.0564. The van der Waals surface area contributed by atoms with Crippen LogP contribution in [0.4, 0.5) is 0 Å². The van der Waals surface area contributed by atoms with Gasteiger partial charge >= 0.3 is 0 Å². The Labute approximate surface area is 174 Å². The van der Waals surface area contributed by atoms with Crippen LogP contribution in [0.15, 0.2) is 41.4 Å². The van der Waals surface area contributed by atoms with E-state index in [4.69, 9.17) is 18.9 Å². The molecule has 0 saturated carbocycles. The smallest absolute Gasteiger partial charge is 0.258 e. The number of hydrogen-bond donors (Lipinski definition) is 2. The summed E-state index contributed by atoms with van der Waals surface area (Å²) >= 11 is 0. The zero-order valence-electron chi connectivity index (χ0n) is 17.1. The molecular weight excluding hydrogens is 390 g/mol. The van der Waals surface area contributed by atoms with Gasteiger partial charge in [-0.2, -0.15) is 0 Å². The number of nitrogens with one attached hydrogen (secondary N) is 2. The van der Waals surface area contributed by atoms with Gasteiger partial charge in [0.1, 0.15) is 11.5 Å². The lowest BCUT2D eigenvalue weighted by Crippen LogP contribution is -2.47. The molecule has 1 heterocycles. The van der Waals surface area contributed by atoms with Gasteiger partial charge in [-0.3, -0.25) is 20.2 Å². The molecule has 0 saturated heterocycles. The Morgan fingerprint density at radius 3 is 2.33 bits per heavy atom. The average molecular weight is 413 g/mol. The fourth-order valence-corrected chi connectivity index (χ4v) is 3.09. The van der Waals surface area contributed by atoms with E-state index in [1.165, 1.54) is 21.3 Å². The quantitative estimate of drug-likeness (QED) is 0.751. The van der Waals surface area contributed by atoms with E-state index in [-0.39, 0.29) is 18.3 Å². The van der Waals surface area contributed by atoms with Crippen LogP contribution in [0.2, 0.25) is 0 Å². The lowest BCUT2D eigenvalue weighted by molar-refractivity contribution is -0.120. The van der Waals surface area contributed by atoms with E-state index >= 15 is 0 Å². The molecule has 30 heavy (non-hydrogen) atoms. The number of methoxy groups -OCH3 is 4. The zero-order valence-corrected chi connectivity index (χ0v) is 17.1. The van der Waals surface area contributed by atoms with Gasteiger partial charge in [0.25, 0.3) is 5.91 Å². The van der Waals surface area contributed by atoms with Crippen LogP contribution in [-0.4, -0.2) is 46.2 Å². The zero-order chi connectivity index (χ0) is 21.7. The van der Waals surface area contributed by atoms with Crippen molar-refractivity contribution in [3.8, 4) is 23.0 Å².